The molecular weight excluding hydrogens is 563 g/mol. The first-order valence-electron chi connectivity index (χ1n) is 8.91. The molecule has 1 saturated heterocycles. The minimum Gasteiger partial charge on any atom is -0.477 e. The normalized spacial score (nSPS) is 20.3. The van der Waals surface area contributed by atoms with E-state index < -0.39 is 50.1 Å². The summed E-state index contributed by atoms with van der Waals surface area (Å²) >= 11 is 8.68. The average molecular weight is 580 g/mol. The first kappa shape index (κ1) is 29.2. The van der Waals surface area contributed by atoms with Crippen LogP contribution in [0.1, 0.15) is 5.69 Å². The van der Waals surface area contributed by atoms with Crippen LogP contribution in [0.3, 0.4) is 0 Å². The van der Waals surface area contributed by atoms with Crippen LogP contribution in [0.2, 0.25) is 0 Å². The maximum atomic E-state index is 12.7. The van der Waals surface area contributed by atoms with Crippen molar-refractivity contribution in [2.45, 2.75) is 11.4 Å². The van der Waals surface area contributed by atoms with Gasteiger partial charge in [-0.2, -0.15) is 0 Å². The number of carboxylic acids is 1. The average Bonchev–Trinajstić information content (AvgIpc) is 3.20. The molecule has 3 rings (SSSR count). The van der Waals surface area contributed by atoms with Crippen LogP contribution in [0.4, 0.5) is 5.13 Å². The second-order valence-corrected chi connectivity index (χ2v) is 12.0. The molecule has 0 saturated carbocycles. The summed E-state index contributed by atoms with van der Waals surface area (Å²) < 4.78 is 25.0. The van der Waals surface area contributed by atoms with Gasteiger partial charge in [0.2, 0.25) is 10.0 Å². The second kappa shape index (κ2) is 12.3. The van der Waals surface area contributed by atoms with Gasteiger partial charge in [0.1, 0.15) is 28.0 Å². The van der Waals surface area contributed by atoms with Gasteiger partial charge in [0.05, 0.1) is 0 Å². The number of fused-ring (bicyclic) bond motifs is 1. The van der Waals surface area contributed by atoms with E-state index in [1.165, 1.54) is 17.1 Å². The number of hydrogen-bond acceptors (Lipinski definition) is 12. The zero-order valence-corrected chi connectivity index (χ0v) is 23.4. The molecule has 2 atom stereocenters. The number of nitrogen functional groups attached to an aromatic ring is 1. The van der Waals surface area contributed by atoms with E-state index in [2.05, 4.69) is 20.2 Å². The Morgan fingerprint density at radius 1 is 1.44 bits per heavy atom. The van der Waals surface area contributed by atoms with Crippen molar-refractivity contribution in [3.8, 4) is 0 Å². The van der Waals surface area contributed by atoms with Gasteiger partial charge in [-0.15, -0.1) is 46.5 Å². The number of thiazole rings is 1. The quantitative estimate of drug-likeness (QED) is 0.0435. The van der Waals surface area contributed by atoms with Crippen molar-refractivity contribution in [2.24, 2.45) is 5.16 Å². The third kappa shape index (κ3) is 6.38. The Labute approximate surface area is 233 Å². The number of anilines is 1. The number of carbonyl (C=O) groups is 3. The standard InChI is InChI=1S/C15H17ClN6O7S4.Na/c16-5-33(28,29)18-1-2-30-7-4-31-13-9(12(24)22(13)10(7)14(25)26)20-11(23)8(21-27)6-3-32-15(17)19-6;/h3,9,13,18,27H,1-2,4-5H2,(H2,17,19)(H,20,23)(H,25,26);/b21-8-;/t9-,13-;/m1./s1. The van der Waals surface area contributed by atoms with E-state index in [-0.39, 0.29) is 64.1 Å². The zero-order chi connectivity index (χ0) is 24.3. The maximum absolute atomic E-state index is 12.7. The fourth-order valence-electron chi connectivity index (χ4n) is 2.93. The predicted molar refractivity (Wildman–Crippen MR) is 130 cm³/mol. The van der Waals surface area contributed by atoms with E-state index in [4.69, 9.17) is 17.3 Å². The Balaban J connectivity index is 0.00000408. The summed E-state index contributed by atoms with van der Waals surface area (Å²) in [6, 6.07) is -1.04. The summed E-state index contributed by atoms with van der Waals surface area (Å²) in [7, 11) is -3.59. The minimum atomic E-state index is -3.59. The molecule has 0 spiro atoms. The van der Waals surface area contributed by atoms with Gasteiger partial charge >= 0.3 is 5.97 Å². The smallest absolute Gasteiger partial charge is 0.353 e. The van der Waals surface area contributed by atoms with Crippen molar-refractivity contribution in [1.82, 2.24) is 19.9 Å². The number of alkyl halides is 1. The van der Waals surface area contributed by atoms with Gasteiger partial charge in [-0.3, -0.25) is 14.5 Å². The molecule has 0 aliphatic carbocycles. The summed E-state index contributed by atoms with van der Waals surface area (Å²) in [4.78, 5) is 42.4. The first-order valence-corrected chi connectivity index (χ1v) is 14.0. The van der Waals surface area contributed by atoms with Crippen molar-refractivity contribution in [3.63, 3.8) is 0 Å². The molecule has 3 heterocycles. The molecule has 2 amide bonds. The van der Waals surface area contributed by atoms with Crippen LogP contribution in [0, 0.1) is 0 Å². The molecule has 0 bridgehead atoms. The number of rotatable bonds is 10. The zero-order valence-electron chi connectivity index (χ0n) is 17.4. The van der Waals surface area contributed by atoms with Gasteiger partial charge < -0.3 is 21.4 Å². The monoisotopic (exact) mass is 579 g/mol. The number of aliphatic carboxylic acids is 1. The molecule has 13 nitrogen and oxygen atoms in total. The minimum absolute atomic E-state index is 0. The topological polar surface area (TPSA) is 204 Å². The van der Waals surface area contributed by atoms with Gasteiger partial charge in [-0.25, -0.2) is 22.9 Å². The molecule has 0 aromatic carbocycles. The number of thioether (sulfide) groups is 2. The number of nitrogens with zero attached hydrogens (tertiary/aromatic N) is 3. The van der Waals surface area contributed by atoms with Crippen LogP contribution in [-0.4, -0.2) is 116 Å². The number of carboxylic acid groups (broad SMARTS) is 1. The molecule has 6 N–H and O–H groups in total. The molecule has 1 radical (unpaired) electrons. The van der Waals surface area contributed by atoms with Gasteiger partial charge in [0.15, 0.2) is 10.8 Å². The Morgan fingerprint density at radius 3 is 2.71 bits per heavy atom. The van der Waals surface area contributed by atoms with E-state index in [1.807, 2.05) is 0 Å². The number of amides is 2. The molecule has 181 valence electrons. The molecular formula is C15H17ClN6NaO7S4. The molecule has 1 aromatic heterocycles. The molecule has 1 fully saturated rings. The Bertz CT molecular complexity index is 1140. The van der Waals surface area contributed by atoms with Gasteiger partial charge in [0, 0.05) is 57.9 Å². The molecule has 34 heavy (non-hydrogen) atoms. The van der Waals surface area contributed by atoms with Crippen LogP contribution in [-0.2, 0) is 24.4 Å². The predicted octanol–water partition coefficient (Wildman–Crippen LogP) is -0.932. The summed E-state index contributed by atoms with van der Waals surface area (Å²) in [5.41, 5.74) is 4.90. The number of halogens is 1. The van der Waals surface area contributed by atoms with Crippen LogP contribution in [0.15, 0.2) is 21.1 Å². The Morgan fingerprint density at radius 2 is 2.15 bits per heavy atom. The fraction of sp³-hybridized carbons (Fsp3) is 0.400. The third-order valence-corrected chi connectivity index (χ3v) is 9.37. The number of nitrogens with one attached hydrogen (secondary N) is 2. The molecule has 19 heteroatoms. The van der Waals surface area contributed by atoms with Crippen LogP contribution in [0.25, 0.3) is 0 Å². The van der Waals surface area contributed by atoms with E-state index >= 15 is 0 Å². The third-order valence-electron chi connectivity index (χ3n) is 4.35. The summed E-state index contributed by atoms with van der Waals surface area (Å²) in [5.74, 6) is -2.37. The summed E-state index contributed by atoms with van der Waals surface area (Å²) in [5, 5.41) is 24.5. The van der Waals surface area contributed by atoms with Gasteiger partial charge in [0.25, 0.3) is 11.8 Å². The molecule has 2 aliphatic rings. The number of nitrogens with two attached hydrogens (primary N) is 1. The van der Waals surface area contributed by atoms with E-state index in [1.54, 1.807) is 0 Å². The van der Waals surface area contributed by atoms with E-state index in [0.29, 0.717) is 4.91 Å². The van der Waals surface area contributed by atoms with Crippen molar-refractivity contribution in [1.29, 1.82) is 0 Å². The number of aromatic nitrogens is 1. The van der Waals surface area contributed by atoms with Crippen LogP contribution in [0.5, 0.6) is 0 Å². The number of carbonyl (C=O) groups excluding carboxylic acids is 2. The largest absolute Gasteiger partial charge is 0.477 e. The maximum Gasteiger partial charge on any atom is 0.353 e. The Hall–Kier alpha value is -1.05. The molecule has 2 aliphatic heterocycles. The van der Waals surface area contributed by atoms with Crippen LogP contribution >= 0.6 is 46.5 Å². The Kier molecular flexibility index (Phi) is 10.5. The summed E-state index contributed by atoms with van der Waals surface area (Å²) in [6.45, 7) is 0.0290. The number of β-lactam (4-membered cyclic amide) rings is 1. The van der Waals surface area contributed by atoms with Gasteiger partial charge in [-0.1, -0.05) is 5.16 Å². The van der Waals surface area contributed by atoms with Crippen molar-refractivity contribution in [2.75, 3.05) is 29.0 Å². The van der Waals surface area contributed by atoms with E-state index in [9.17, 15) is 33.1 Å². The molecule has 0 unspecified atom stereocenters. The summed E-state index contributed by atoms with van der Waals surface area (Å²) in [6.07, 6.45) is 0. The van der Waals surface area contributed by atoms with Crippen LogP contribution < -0.4 is 15.8 Å². The number of oxime groups is 1. The second-order valence-electron chi connectivity index (χ2n) is 6.42. The fourth-order valence-corrected chi connectivity index (χ4v) is 6.83. The SMILES string of the molecule is Nc1nc(/C(=N/O)C(=O)N[C@@H]2C(=O)N3C(C(=O)O)=C(SCCNS(=O)(=O)CCl)CS[C@H]23)cs1.[Na]. The number of hydrogen-bond donors (Lipinski definition) is 5. The molecule has 1 aromatic rings. The van der Waals surface area contributed by atoms with Gasteiger partial charge in [-0.05, 0) is 0 Å². The first-order chi connectivity index (χ1) is 15.6. The number of sulfonamides is 1. The van der Waals surface area contributed by atoms with Crippen molar-refractivity contribution >= 4 is 115 Å². The van der Waals surface area contributed by atoms with E-state index in [0.717, 1.165) is 28.0 Å². The van der Waals surface area contributed by atoms with Crippen molar-refractivity contribution < 1.29 is 33.1 Å². The van der Waals surface area contributed by atoms with Crippen molar-refractivity contribution in [3.05, 3.63) is 21.7 Å².